The van der Waals surface area contributed by atoms with Gasteiger partial charge < -0.3 is 15.7 Å². The number of hydrogen-bond acceptors (Lipinski definition) is 3. The van der Waals surface area contributed by atoms with Crippen LogP contribution in [-0.4, -0.2) is 41.8 Å². The Labute approximate surface area is 93.6 Å². The Kier molecular flexibility index (Phi) is 5.58. The van der Waals surface area contributed by atoms with E-state index in [1.54, 1.807) is 0 Å². The topological polar surface area (TPSA) is 49.5 Å². The van der Waals surface area contributed by atoms with E-state index in [0.717, 1.165) is 26.1 Å². The summed E-state index contributed by atoms with van der Waals surface area (Å²) in [5.41, 5.74) is 5.69. The van der Waals surface area contributed by atoms with Crippen LogP contribution < -0.4 is 5.73 Å². The predicted molar refractivity (Wildman–Crippen MR) is 63.8 cm³/mol. The molecule has 3 N–H and O–H groups in total. The molecule has 90 valence electrons. The highest BCUT2D eigenvalue weighted by molar-refractivity contribution is 4.93. The third kappa shape index (κ3) is 4.49. The Morgan fingerprint density at radius 3 is 2.60 bits per heavy atom. The first-order chi connectivity index (χ1) is 7.20. The zero-order valence-corrected chi connectivity index (χ0v) is 10.0. The van der Waals surface area contributed by atoms with E-state index in [9.17, 15) is 0 Å². The Morgan fingerprint density at radius 1 is 1.27 bits per heavy atom. The Balaban J connectivity index is 2.04. The van der Waals surface area contributed by atoms with Crippen molar-refractivity contribution in [2.45, 2.75) is 51.0 Å². The summed E-state index contributed by atoms with van der Waals surface area (Å²) in [5, 5.41) is 9.13. The molecule has 1 rings (SSSR count). The summed E-state index contributed by atoms with van der Waals surface area (Å²) in [7, 11) is 0. The third-order valence-corrected chi connectivity index (χ3v) is 3.36. The minimum atomic E-state index is -0.316. The molecule has 15 heavy (non-hydrogen) atoms. The number of hydrogen-bond donors (Lipinski definition) is 2. The molecule has 0 aromatic rings. The molecule has 0 amide bonds. The second-order valence-corrected chi connectivity index (χ2v) is 4.96. The average molecular weight is 214 g/mol. The van der Waals surface area contributed by atoms with E-state index in [0.29, 0.717) is 0 Å². The van der Waals surface area contributed by atoms with Crippen molar-refractivity contribution < 1.29 is 5.11 Å². The molecule has 0 spiro atoms. The first-order valence-corrected chi connectivity index (χ1v) is 6.32. The normalized spacial score (nSPS) is 27.4. The number of nitrogens with zero attached hydrogens (tertiary/aromatic N) is 1. The summed E-state index contributed by atoms with van der Waals surface area (Å²) < 4.78 is 0. The molecule has 1 aliphatic heterocycles. The van der Waals surface area contributed by atoms with E-state index in [1.165, 1.54) is 32.1 Å². The van der Waals surface area contributed by atoms with Gasteiger partial charge >= 0.3 is 0 Å². The molecular weight excluding hydrogens is 188 g/mol. The molecule has 1 saturated heterocycles. The molecule has 0 aromatic carbocycles. The van der Waals surface area contributed by atoms with Crippen molar-refractivity contribution in [1.29, 1.82) is 0 Å². The van der Waals surface area contributed by atoms with Gasteiger partial charge in [-0.3, -0.25) is 0 Å². The molecule has 3 heteroatoms. The zero-order valence-electron chi connectivity index (χ0n) is 10.0. The van der Waals surface area contributed by atoms with Crippen LogP contribution in [0.5, 0.6) is 0 Å². The monoisotopic (exact) mass is 214 g/mol. The van der Waals surface area contributed by atoms with Crippen LogP contribution in [0.25, 0.3) is 0 Å². The van der Waals surface area contributed by atoms with Crippen molar-refractivity contribution >= 4 is 0 Å². The van der Waals surface area contributed by atoms with Crippen molar-refractivity contribution in [3.63, 3.8) is 0 Å². The summed E-state index contributed by atoms with van der Waals surface area (Å²) in [6.07, 6.45) is 7.58. The van der Waals surface area contributed by atoms with Gasteiger partial charge in [-0.15, -0.1) is 0 Å². The number of aliphatic hydroxyl groups excluding tert-OH is 1. The van der Waals surface area contributed by atoms with Crippen LogP contribution in [0.1, 0.15) is 45.4 Å². The molecule has 1 fully saturated rings. The predicted octanol–water partition coefficient (Wildman–Crippen LogP) is 1.35. The van der Waals surface area contributed by atoms with Crippen LogP contribution in [0, 0.1) is 0 Å². The Morgan fingerprint density at radius 2 is 2.00 bits per heavy atom. The van der Waals surface area contributed by atoms with Crippen LogP contribution in [0.15, 0.2) is 0 Å². The number of unbranched alkanes of at least 4 members (excludes halogenated alkanes) is 4. The minimum absolute atomic E-state index is 0.124. The zero-order chi connectivity index (χ0) is 11.1. The fourth-order valence-corrected chi connectivity index (χ4v) is 2.24. The Bertz CT molecular complexity index is 175. The second-order valence-electron chi connectivity index (χ2n) is 4.96. The summed E-state index contributed by atoms with van der Waals surface area (Å²) in [6.45, 7) is 5.45. The molecular formula is C12H26N2O. The van der Waals surface area contributed by atoms with E-state index in [2.05, 4.69) is 11.8 Å². The van der Waals surface area contributed by atoms with E-state index < -0.39 is 0 Å². The van der Waals surface area contributed by atoms with Crippen molar-refractivity contribution in [3.8, 4) is 0 Å². The fourth-order valence-electron chi connectivity index (χ4n) is 2.24. The lowest BCUT2D eigenvalue weighted by atomic mass is 10.0. The van der Waals surface area contributed by atoms with Gasteiger partial charge in [0.05, 0.1) is 12.1 Å². The maximum atomic E-state index is 9.13. The van der Waals surface area contributed by atoms with Gasteiger partial charge in [0.1, 0.15) is 0 Å². The third-order valence-electron chi connectivity index (χ3n) is 3.36. The number of rotatable bonds is 7. The largest absolute Gasteiger partial charge is 0.394 e. The van der Waals surface area contributed by atoms with E-state index >= 15 is 0 Å². The fraction of sp³-hybridized carbons (Fsp3) is 1.00. The standard InChI is InChI=1S/C12H26N2O/c1-2-3-4-5-6-8-14-9-7-12(13,10-14)11-15/h15H,2-11,13H2,1H3/t12-/m1/s1. The molecule has 3 nitrogen and oxygen atoms in total. The summed E-state index contributed by atoms with van der Waals surface area (Å²) in [6, 6.07) is 0. The molecule has 0 saturated carbocycles. The van der Waals surface area contributed by atoms with Gasteiger partial charge in [-0.25, -0.2) is 0 Å². The maximum Gasteiger partial charge on any atom is 0.0624 e. The SMILES string of the molecule is CCCCCCCN1CC[C@](N)(CO)C1. The minimum Gasteiger partial charge on any atom is -0.394 e. The summed E-state index contributed by atoms with van der Waals surface area (Å²) in [5.74, 6) is 0. The van der Waals surface area contributed by atoms with Gasteiger partial charge in [-0.1, -0.05) is 32.6 Å². The van der Waals surface area contributed by atoms with Gasteiger partial charge in [0, 0.05) is 13.1 Å². The molecule has 0 radical (unpaired) electrons. The Hall–Kier alpha value is -0.120. The highest BCUT2D eigenvalue weighted by Gasteiger charge is 2.33. The maximum absolute atomic E-state index is 9.13. The van der Waals surface area contributed by atoms with Crippen LogP contribution >= 0.6 is 0 Å². The van der Waals surface area contributed by atoms with Crippen molar-refractivity contribution in [1.82, 2.24) is 4.90 Å². The molecule has 0 aromatic heterocycles. The van der Waals surface area contributed by atoms with Crippen molar-refractivity contribution in [2.75, 3.05) is 26.2 Å². The lowest BCUT2D eigenvalue weighted by Crippen LogP contribution is -2.46. The first-order valence-electron chi connectivity index (χ1n) is 6.32. The second kappa shape index (κ2) is 6.46. The van der Waals surface area contributed by atoms with Crippen LogP contribution in [0.4, 0.5) is 0 Å². The van der Waals surface area contributed by atoms with Gasteiger partial charge in [-0.05, 0) is 19.4 Å². The quantitative estimate of drug-likeness (QED) is 0.629. The highest BCUT2D eigenvalue weighted by atomic mass is 16.3. The van der Waals surface area contributed by atoms with Gasteiger partial charge in [0.25, 0.3) is 0 Å². The molecule has 0 bridgehead atoms. The lowest BCUT2D eigenvalue weighted by Gasteiger charge is -2.21. The number of aliphatic hydroxyl groups is 1. The lowest BCUT2D eigenvalue weighted by molar-refractivity contribution is 0.192. The van der Waals surface area contributed by atoms with E-state index in [4.69, 9.17) is 10.8 Å². The summed E-state index contributed by atoms with van der Waals surface area (Å²) in [4.78, 5) is 2.39. The van der Waals surface area contributed by atoms with E-state index in [1.807, 2.05) is 0 Å². The van der Waals surface area contributed by atoms with Crippen LogP contribution in [0.3, 0.4) is 0 Å². The highest BCUT2D eigenvalue weighted by Crippen LogP contribution is 2.18. The molecule has 1 heterocycles. The van der Waals surface area contributed by atoms with Crippen molar-refractivity contribution in [3.05, 3.63) is 0 Å². The molecule has 1 atom stereocenters. The van der Waals surface area contributed by atoms with Gasteiger partial charge in [0.15, 0.2) is 0 Å². The summed E-state index contributed by atoms with van der Waals surface area (Å²) >= 11 is 0. The molecule has 0 aliphatic carbocycles. The first kappa shape index (κ1) is 12.9. The number of nitrogens with two attached hydrogens (primary N) is 1. The van der Waals surface area contributed by atoms with Crippen LogP contribution in [-0.2, 0) is 0 Å². The van der Waals surface area contributed by atoms with Gasteiger partial charge in [-0.2, -0.15) is 0 Å². The molecule has 0 unspecified atom stereocenters. The average Bonchev–Trinajstić information content (AvgIpc) is 2.61. The number of likely N-dealkylation sites (tertiary alicyclic amines) is 1. The van der Waals surface area contributed by atoms with E-state index in [-0.39, 0.29) is 12.1 Å². The smallest absolute Gasteiger partial charge is 0.0624 e. The van der Waals surface area contributed by atoms with Gasteiger partial charge in [0.2, 0.25) is 0 Å². The van der Waals surface area contributed by atoms with Crippen LogP contribution in [0.2, 0.25) is 0 Å². The van der Waals surface area contributed by atoms with Crippen molar-refractivity contribution in [2.24, 2.45) is 5.73 Å². The molecule has 1 aliphatic rings.